The molecule has 0 fully saturated rings. The molecule has 1 N–H and O–H groups in total. The number of aliphatic carboxylic acids is 1. The Labute approximate surface area is 74.3 Å². The van der Waals surface area contributed by atoms with Gasteiger partial charge in [-0.05, 0) is 12.8 Å². The minimum atomic E-state index is -0.844. The summed E-state index contributed by atoms with van der Waals surface area (Å²) in [6.45, 7) is 2.18. The van der Waals surface area contributed by atoms with Crippen LogP contribution >= 0.6 is 0 Å². The molecular formula is C10H18O2. The summed E-state index contributed by atoms with van der Waals surface area (Å²) < 4.78 is 0. The normalized spacial score (nSPS) is 10.8. The van der Waals surface area contributed by atoms with E-state index in [1.807, 2.05) is 0 Å². The molecule has 0 spiro atoms. The van der Waals surface area contributed by atoms with Crippen LogP contribution in [0.5, 0.6) is 0 Å². The summed E-state index contributed by atoms with van der Waals surface area (Å²) in [5, 5.41) is 8.27. The zero-order chi connectivity index (χ0) is 9.23. The molecular weight excluding hydrogens is 152 g/mol. The second kappa shape index (κ2) is 8.31. The smallest absolute Gasteiger partial charge is 0.327 e. The monoisotopic (exact) mass is 170 g/mol. The first kappa shape index (κ1) is 11.2. The molecule has 0 bridgehead atoms. The summed E-state index contributed by atoms with van der Waals surface area (Å²) in [4.78, 5) is 10.0. The Balaban J connectivity index is 3.05. The molecule has 0 heterocycles. The van der Waals surface area contributed by atoms with Gasteiger partial charge in [0, 0.05) is 6.08 Å². The third-order valence-electron chi connectivity index (χ3n) is 1.73. The van der Waals surface area contributed by atoms with Gasteiger partial charge in [-0.2, -0.15) is 0 Å². The number of carboxylic acids is 1. The van der Waals surface area contributed by atoms with Crippen molar-refractivity contribution in [1.29, 1.82) is 0 Å². The van der Waals surface area contributed by atoms with Crippen LogP contribution in [0.2, 0.25) is 0 Å². The van der Waals surface area contributed by atoms with Gasteiger partial charge in [0.2, 0.25) is 0 Å². The Morgan fingerprint density at radius 2 is 1.92 bits per heavy atom. The average molecular weight is 170 g/mol. The molecule has 0 saturated heterocycles. The van der Waals surface area contributed by atoms with Crippen molar-refractivity contribution >= 4 is 5.97 Å². The standard InChI is InChI=1S/C10H18O2/c1-2-3-4-5-6-7-8-9-10(11)12/h8-9H,2-7H2,1H3,(H,11,12)/b9-8-. The van der Waals surface area contributed by atoms with Crippen LogP contribution < -0.4 is 0 Å². The minimum absolute atomic E-state index is 0.844. The van der Waals surface area contributed by atoms with Gasteiger partial charge in [-0.15, -0.1) is 0 Å². The van der Waals surface area contributed by atoms with Crippen molar-refractivity contribution in [1.82, 2.24) is 0 Å². The van der Waals surface area contributed by atoms with Crippen LogP contribution in [0, 0.1) is 0 Å². The van der Waals surface area contributed by atoms with E-state index in [2.05, 4.69) is 6.92 Å². The van der Waals surface area contributed by atoms with Crippen LogP contribution in [0.15, 0.2) is 12.2 Å². The van der Waals surface area contributed by atoms with E-state index in [1.54, 1.807) is 6.08 Å². The Hall–Kier alpha value is -0.790. The summed E-state index contributed by atoms with van der Waals surface area (Å²) in [6.07, 6.45) is 10.0. The third kappa shape index (κ3) is 9.21. The first-order chi connectivity index (χ1) is 5.77. The topological polar surface area (TPSA) is 37.3 Å². The summed E-state index contributed by atoms with van der Waals surface area (Å²) in [7, 11) is 0. The van der Waals surface area contributed by atoms with E-state index in [-0.39, 0.29) is 0 Å². The molecule has 0 aromatic heterocycles. The van der Waals surface area contributed by atoms with Crippen molar-refractivity contribution in [3.05, 3.63) is 12.2 Å². The van der Waals surface area contributed by atoms with E-state index in [4.69, 9.17) is 5.11 Å². The van der Waals surface area contributed by atoms with Crippen LogP contribution in [0.1, 0.15) is 45.4 Å². The van der Waals surface area contributed by atoms with Crippen LogP contribution in [0.4, 0.5) is 0 Å². The number of allylic oxidation sites excluding steroid dienone is 1. The molecule has 0 radical (unpaired) electrons. The SMILES string of the molecule is CCCCCCC/C=C\C(=O)O. The lowest BCUT2D eigenvalue weighted by Gasteiger charge is -1.95. The van der Waals surface area contributed by atoms with Gasteiger partial charge >= 0.3 is 5.97 Å². The van der Waals surface area contributed by atoms with E-state index < -0.39 is 5.97 Å². The number of carbonyl (C=O) groups is 1. The second-order valence-corrected chi connectivity index (χ2v) is 2.94. The molecule has 0 unspecified atom stereocenters. The number of hydrogen-bond acceptors (Lipinski definition) is 1. The first-order valence-corrected chi connectivity index (χ1v) is 4.67. The van der Waals surface area contributed by atoms with Gasteiger partial charge in [0.1, 0.15) is 0 Å². The molecule has 2 nitrogen and oxygen atoms in total. The molecule has 0 aromatic carbocycles. The van der Waals surface area contributed by atoms with Crippen LogP contribution in [-0.2, 0) is 4.79 Å². The predicted molar refractivity (Wildman–Crippen MR) is 50.2 cm³/mol. The fourth-order valence-corrected chi connectivity index (χ4v) is 1.05. The highest BCUT2D eigenvalue weighted by Gasteiger charge is 1.87. The van der Waals surface area contributed by atoms with Crippen LogP contribution in [0.25, 0.3) is 0 Å². The number of rotatable bonds is 7. The molecule has 0 aliphatic carbocycles. The second-order valence-electron chi connectivity index (χ2n) is 2.94. The van der Waals surface area contributed by atoms with Gasteiger partial charge in [0.15, 0.2) is 0 Å². The highest BCUT2D eigenvalue weighted by molar-refractivity contribution is 5.79. The van der Waals surface area contributed by atoms with Gasteiger partial charge in [0.25, 0.3) is 0 Å². The third-order valence-corrected chi connectivity index (χ3v) is 1.73. The molecule has 70 valence electrons. The quantitative estimate of drug-likeness (QED) is 0.471. The molecule has 0 atom stereocenters. The maximum atomic E-state index is 10.0. The Bertz CT molecular complexity index is 139. The summed E-state index contributed by atoms with van der Waals surface area (Å²) in [5.74, 6) is -0.844. The van der Waals surface area contributed by atoms with Crippen molar-refractivity contribution in [2.24, 2.45) is 0 Å². The summed E-state index contributed by atoms with van der Waals surface area (Å²) in [5.41, 5.74) is 0. The maximum Gasteiger partial charge on any atom is 0.327 e. The molecule has 2 heteroatoms. The van der Waals surface area contributed by atoms with Crippen molar-refractivity contribution in [2.45, 2.75) is 45.4 Å². The van der Waals surface area contributed by atoms with Crippen LogP contribution in [0.3, 0.4) is 0 Å². The van der Waals surface area contributed by atoms with Crippen molar-refractivity contribution in [3.8, 4) is 0 Å². The molecule has 0 rings (SSSR count). The average Bonchev–Trinajstić information content (AvgIpc) is 2.02. The van der Waals surface area contributed by atoms with E-state index >= 15 is 0 Å². The van der Waals surface area contributed by atoms with Crippen LogP contribution in [-0.4, -0.2) is 11.1 Å². The van der Waals surface area contributed by atoms with Gasteiger partial charge in [0.05, 0.1) is 0 Å². The van der Waals surface area contributed by atoms with Crippen molar-refractivity contribution < 1.29 is 9.90 Å². The highest BCUT2D eigenvalue weighted by atomic mass is 16.4. The molecule has 12 heavy (non-hydrogen) atoms. The molecule has 0 saturated carbocycles. The maximum absolute atomic E-state index is 10.0. The van der Waals surface area contributed by atoms with E-state index in [0.29, 0.717) is 0 Å². The number of carboxylic acid groups (broad SMARTS) is 1. The Kier molecular flexibility index (Phi) is 7.76. The van der Waals surface area contributed by atoms with Gasteiger partial charge in [-0.1, -0.05) is 38.7 Å². The minimum Gasteiger partial charge on any atom is -0.478 e. The lowest BCUT2D eigenvalue weighted by Crippen LogP contribution is -1.85. The number of unbranched alkanes of at least 4 members (excludes halogenated alkanes) is 5. The van der Waals surface area contributed by atoms with Gasteiger partial charge in [-0.25, -0.2) is 4.79 Å². The Morgan fingerprint density at radius 3 is 2.50 bits per heavy atom. The number of hydrogen-bond donors (Lipinski definition) is 1. The molecule has 0 aliphatic heterocycles. The molecule has 0 amide bonds. The molecule has 0 aliphatic rings. The summed E-state index contributed by atoms with van der Waals surface area (Å²) in [6, 6.07) is 0. The highest BCUT2D eigenvalue weighted by Crippen LogP contribution is 2.04. The zero-order valence-electron chi connectivity index (χ0n) is 7.75. The largest absolute Gasteiger partial charge is 0.478 e. The summed E-state index contributed by atoms with van der Waals surface area (Å²) >= 11 is 0. The first-order valence-electron chi connectivity index (χ1n) is 4.67. The van der Waals surface area contributed by atoms with Gasteiger partial charge < -0.3 is 5.11 Å². The lowest BCUT2D eigenvalue weighted by atomic mass is 10.1. The van der Waals surface area contributed by atoms with E-state index in [9.17, 15) is 4.79 Å². The lowest BCUT2D eigenvalue weighted by molar-refractivity contribution is -0.131. The van der Waals surface area contributed by atoms with E-state index in [0.717, 1.165) is 12.8 Å². The fraction of sp³-hybridized carbons (Fsp3) is 0.700. The van der Waals surface area contributed by atoms with Gasteiger partial charge in [-0.3, -0.25) is 0 Å². The predicted octanol–water partition coefficient (Wildman–Crippen LogP) is 2.99. The van der Waals surface area contributed by atoms with E-state index in [1.165, 1.54) is 31.8 Å². The van der Waals surface area contributed by atoms with Crippen molar-refractivity contribution in [3.63, 3.8) is 0 Å². The zero-order valence-corrected chi connectivity index (χ0v) is 7.75. The fourth-order valence-electron chi connectivity index (χ4n) is 1.05. The molecule has 0 aromatic rings. The van der Waals surface area contributed by atoms with Crippen molar-refractivity contribution in [2.75, 3.05) is 0 Å². The Morgan fingerprint density at radius 1 is 1.25 bits per heavy atom.